The lowest BCUT2D eigenvalue weighted by Crippen LogP contribution is -2.14. The molecule has 0 saturated heterocycles. The van der Waals surface area contributed by atoms with Crippen molar-refractivity contribution in [3.8, 4) is 5.75 Å². The molecule has 2 aromatic rings. The molecule has 0 fully saturated rings. The van der Waals surface area contributed by atoms with Crippen LogP contribution < -0.4 is 5.32 Å². The van der Waals surface area contributed by atoms with Gasteiger partial charge in [-0.2, -0.15) is 0 Å². The molecule has 1 amide bonds. The molecule has 4 nitrogen and oxygen atoms in total. The molecule has 0 aliphatic carbocycles. The first-order valence-electron chi connectivity index (χ1n) is 5.80. The van der Waals surface area contributed by atoms with E-state index in [-0.39, 0.29) is 18.1 Å². The van der Waals surface area contributed by atoms with Crippen molar-refractivity contribution < 1.29 is 14.7 Å². The van der Waals surface area contributed by atoms with Gasteiger partial charge < -0.3 is 10.4 Å². The normalized spacial score (nSPS) is 9.89. The maximum absolute atomic E-state index is 11.8. The molecule has 2 rings (SSSR count). The van der Waals surface area contributed by atoms with E-state index >= 15 is 0 Å². The number of aromatic hydroxyl groups is 1. The molecule has 19 heavy (non-hydrogen) atoms. The number of rotatable bonds is 4. The molecule has 2 aromatic carbocycles. The van der Waals surface area contributed by atoms with E-state index < -0.39 is 0 Å². The second-order valence-electron chi connectivity index (χ2n) is 4.13. The smallest absolute Gasteiger partial charge is 0.228 e. The number of hydrogen-bond donors (Lipinski definition) is 2. The highest BCUT2D eigenvalue weighted by Gasteiger charge is 2.04. The van der Waals surface area contributed by atoms with Crippen LogP contribution in [0, 0.1) is 0 Å². The van der Waals surface area contributed by atoms with Crippen molar-refractivity contribution in [1.82, 2.24) is 0 Å². The zero-order chi connectivity index (χ0) is 13.7. The fraction of sp³-hybridized carbons (Fsp3) is 0.0667. The van der Waals surface area contributed by atoms with Crippen LogP contribution in [0.2, 0.25) is 0 Å². The molecule has 0 aromatic heterocycles. The molecule has 0 heterocycles. The molecule has 0 spiro atoms. The maximum atomic E-state index is 11.8. The average molecular weight is 255 g/mol. The summed E-state index contributed by atoms with van der Waals surface area (Å²) in [5, 5.41) is 12.0. The third kappa shape index (κ3) is 3.67. The number of amides is 1. The van der Waals surface area contributed by atoms with E-state index in [0.29, 0.717) is 11.3 Å². The number of aldehydes is 1. The Hall–Kier alpha value is -2.62. The Morgan fingerprint density at radius 3 is 2.53 bits per heavy atom. The molecule has 0 atom stereocenters. The topological polar surface area (TPSA) is 66.4 Å². The monoisotopic (exact) mass is 255 g/mol. The van der Waals surface area contributed by atoms with Crippen LogP contribution in [0.1, 0.15) is 15.9 Å². The van der Waals surface area contributed by atoms with Crippen molar-refractivity contribution in [3.05, 3.63) is 59.7 Å². The summed E-state index contributed by atoms with van der Waals surface area (Å²) in [5.74, 6) is -0.0370. The van der Waals surface area contributed by atoms with E-state index in [2.05, 4.69) is 5.32 Å². The Bertz CT molecular complexity index is 591. The Morgan fingerprint density at radius 1 is 1.16 bits per heavy atom. The van der Waals surface area contributed by atoms with Gasteiger partial charge in [0.2, 0.25) is 5.91 Å². The lowest BCUT2D eigenvalue weighted by molar-refractivity contribution is -0.115. The van der Waals surface area contributed by atoms with Gasteiger partial charge in [-0.25, -0.2) is 0 Å². The number of carbonyl (C=O) groups is 2. The van der Waals surface area contributed by atoms with Crippen LogP contribution in [0.4, 0.5) is 5.69 Å². The van der Waals surface area contributed by atoms with Crippen molar-refractivity contribution >= 4 is 17.9 Å². The van der Waals surface area contributed by atoms with E-state index in [9.17, 15) is 14.7 Å². The number of nitrogens with one attached hydrogen (secondary N) is 1. The van der Waals surface area contributed by atoms with E-state index in [0.717, 1.165) is 11.8 Å². The summed E-state index contributed by atoms with van der Waals surface area (Å²) in [6.07, 6.45) is 0.933. The van der Waals surface area contributed by atoms with Crippen LogP contribution in [0.3, 0.4) is 0 Å². The number of phenolic OH excluding ortho intramolecular Hbond substituents is 1. The van der Waals surface area contributed by atoms with Crippen LogP contribution in [0.5, 0.6) is 5.75 Å². The quantitative estimate of drug-likeness (QED) is 0.824. The van der Waals surface area contributed by atoms with Gasteiger partial charge in [0, 0.05) is 11.3 Å². The zero-order valence-corrected chi connectivity index (χ0v) is 10.2. The summed E-state index contributed by atoms with van der Waals surface area (Å²) in [6, 6.07) is 13.2. The van der Waals surface area contributed by atoms with Crippen LogP contribution in [0.15, 0.2) is 48.5 Å². The van der Waals surface area contributed by atoms with Gasteiger partial charge in [0.1, 0.15) is 12.0 Å². The van der Waals surface area contributed by atoms with Gasteiger partial charge in [0.05, 0.1) is 6.42 Å². The number of hydrogen-bond acceptors (Lipinski definition) is 3. The van der Waals surface area contributed by atoms with Gasteiger partial charge in [-0.15, -0.1) is 0 Å². The molecule has 0 bridgehead atoms. The van der Waals surface area contributed by atoms with Crippen molar-refractivity contribution in [2.45, 2.75) is 6.42 Å². The van der Waals surface area contributed by atoms with Gasteiger partial charge >= 0.3 is 0 Å². The molecule has 0 saturated carbocycles. The van der Waals surface area contributed by atoms with E-state index in [1.165, 1.54) is 0 Å². The third-order valence-corrected chi connectivity index (χ3v) is 2.61. The number of anilines is 1. The molecule has 0 aliphatic rings. The van der Waals surface area contributed by atoms with Crippen molar-refractivity contribution in [2.24, 2.45) is 0 Å². The second-order valence-corrected chi connectivity index (χ2v) is 4.13. The van der Waals surface area contributed by atoms with Crippen molar-refractivity contribution in [3.63, 3.8) is 0 Å². The highest BCUT2D eigenvalue weighted by atomic mass is 16.3. The fourth-order valence-corrected chi connectivity index (χ4v) is 1.70. The van der Waals surface area contributed by atoms with Gasteiger partial charge in [-0.3, -0.25) is 9.59 Å². The van der Waals surface area contributed by atoms with Gasteiger partial charge in [0.25, 0.3) is 0 Å². The van der Waals surface area contributed by atoms with E-state index in [1.807, 2.05) is 0 Å². The Balaban J connectivity index is 1.98. The molecule has 0 unspecified atom stereocenters. The SMILES string of the molecule is O=Cc1ccc(NC(=O)Cc2cccc(O)c2)cc1. The number of carbonyl (C=O) groups excluding carboxylic acids is 2. The van der Waals surface area contributed by atoms with Gasteiger partial charge in [-0.05, 0) is 42.0 Å². The summed E-state index contributed by atoms with van der Waals surface area (Å²) < 4.78 is 0. The predicted molar refractivity (Wildman–Crippen MR) is 72.3 cm³/mol. The number of phenols is 1. The molecule has 2 N–H and O–H groups in total. The average Bonchev–Trinajstić information content (AvgIpc) is 2.39. The Labute approximate surface area is 110 Å². The minimum atomic E-state index is -0.176. The first-order chi connectivity index (χ1) is 9.17. The van der Waals surface area contributed by atoms with Crippen LogP contribution >= 0.6 is 0 Å². The summed E-state index contributed by atoms with van der Waals surface area (Å²) in [5.41, 5.74) is 1.93. The third-order valence-electron chi connectivity index (χ3n) is 2.61. The predicted octanol–water partition coefficient (Wildman–Crippen LogP) is 2.39. The van der Waals surface area contributed by atoms with Crippen LogP contribution in [-0.2, 0) is 11.2 Å². The van der Waals surface area contributed by atoms with Crippen LogP contribution in [-0.4, -0.2) is 17.3 Å². The highest BCUT2D eigenvalue weighted by molar-refractivity contribution is 5.92. The Kier molecular flexibility index (Phi) is 3.93. The molecular formula is C15H13NO3. The summed E-state index contributed by atoms with van der Waals surface area (Å²) >= 11 is 0. The van der Waals surface area contributed by atoms with E-state index in [1.54, 1.807) is 48.5 Å². The molecule has 4 heteroatoms. The first-order valence-corrected chi connectivity index (χ1v) is 5.80. The van der Waals surface area contributed by atoms with E-state index in [4.69, 9.17) is 0 Å². The van der Waals surface area contributed by atoms with Gasteiger partial charge in [-0.1, -0.05) is 12.1 Å². The highest BCUT2D eigenvalue weighted by Crippen LogP contribution is 2.13. The molecule has 0 aliphatic heterocycles. The minimum Gasteiger partial charge on any atom is -0.508 e. The zero-order valence-electron chi connectivity index (χ0n) is 10.2. The standard InChI is InChI=1S/C15H13NO3/c17-10-11-4-6-13(7-5-11)16-15(19)9-12-2-1-3-14(18)8-12/h1-8,10,18H,9H2,(H,16,19). The summed E-state index contributed by atoms with van der Waals surface area (Å²) in [7, 11) is 0. The molecule has 96 valence electrons. The fourth-order valence-electron chi connectivity index (χ4n) is 1.70. The summed E-state index contributed by atoms with van der Waals surface area (Å²) in [4.78, 5) is 22.3. The van der Waals surface area contributed by atoms with Crippen molar-refractivity contribution in [2.75, 3.05) is 5.32 Å². The molecule has 0 radical (unpaired) electrons. The summed E-state index contributed by atoms with van der Waals surface area (Å²) in [6.45, 7) is 0. The largest absolute Gasteiger partial charge is 0.508 e. The lowest BCUT2D eigenvalue weighted by Gasteiger charge is -2.05. The second kappa shape index (κ2) is 5.82. The number of benzene rings is 2. The molecular weight excluding hydrogens is 242 g/mol. The van der Waals surface area contributed by atoms with Crippen molar-refractivity contribution in [1.29, 1.82) is 0 Å². The minimum absolute atomic E-state index is 0.139. The first kappa shape index (κ1) is 12.8. The van der Waals surface area contributed by atoms with Gasteiger partial charge in [0.15, 0.2) is 0 Å². The Morgan fingerprint density at radius 2 is 1.89 bits per heavy atom. The maximum Gasteiger partial charge on any atom is 0.228 e. The lowest BCUT2D eigenvalue weighted by atomic mass is 10.1. The van der Waals surface area contributed by atoms with Crippen LogP contribution in [0.25, 0.3) is 0 Å².